The molecule has 228 valence electrons. The molecule has 3 amide bonds. The molecule has 0 aromatic heterocycles. The molecule has 18 heteroatoms. The maximum absolute atomic E-state index is 13.1. The summed E-state index contributed by atoms with van der Waals surface area (Å²) < 4.78 is 0. The van der Waals surface area contributed by atoms with Crippen LogP contribution in [0, 0.1) is 0 Å². The first-order valence-corrected chi connectivity index (χ1v) is 13.9. The van der Waals surface area contributed by atoms with E-state index in [1.807, 2.05) is 0 Å². The van der Waals surface area contributed by atoms with Gasteiger partial charge in [-0.15, -0.1) is 0 Å². The van der Waals surface area contributed by atoms with Crippen molar-refractivity contribution < 1.29 is 34.2 Å². The number of guanidine groups is 2. The zero-order valence-corrected chi connectivity index (χ0v) is 23.3. The molecule has 0 aliphatic heterocycles. The molecular formula is C22H42N10O7S. The van der Waals surface area contributed by atoms with Crippen molar-refractivity contribution in [2.75, 3.05) is 25.1 Å². The third-order valence-corrected chi connectivity index (χ3v) is 6.03. The van der Waals surface area contributed by atoms with Gasteiger partial charge in [0, 0.05) is 19.5 Å². The Balaban J connectivity index is 5.46. The summed E-state index contributed by atoms with van der Waals surface area (Å²) in [6.45, 7) is 0.403. The molecule has 0 aromatic rings. The summed E-state index contributed by atoms with van der Waals surface area (Å²) in [7, 11) is 0. The molecular weight excluding hydrogens is 548 g/mol. The van der Waals surface area contributed by atoms with E-state index in [-0.39, 0.29) is 57.1 Å². The van der Waals surface area contributed by atoms with Crippen LogP contribution < -0.4 is 44.6 Å². The zero-order chi connectivity index (χ0) is 30.7. The fourth-order valence-corrected chi connectivity index (χ4v) is 3.75. The van der Waals surface area contributed by atoms with Crippen molar-refractivity contribution in [1.82, 2.24) is 16.0 Å². The Morgan fingerprint density at radius 1 is 0.725 bits per heavy atom. The fourth-order valence-electron chi connectivity index (χ4n) is 3.28. The summed E-state index contributed by atoms with van der Waals surface area (Å²) in [5.74, 6) is -4.59. The average Bonchev–Trinajstić information content (AvgIpc) is 2.87. The first-order chi connectivity index (χ1) is 18.8. The van der Waals surface area contributed by atoms with Gasteiger partial charge >= 0.3 is 11.9 Å². The minimum absolute atomic E-state index is 0.0229. The molecule has 0 saturated carbocycles. The number of carbonyl (C=O) groups is 5. The molecule has 0 spiro atoms. The number of hydrogen-bond donors (Lipinski definition) is 10. The van der Waals surface area contributed by atoms with E-state index < -0.39 is 60.2 Å². The first kappa shape index (κ1) is 36.2. The van der Waals surface area contributed by atoms with Crippen LogP contribution in [0.25, 0.3) is 0 Å². The number of carbonyl (C=O) groups excluding carboxylic acids is 3. The molecule has 0 fully saturated rings. The summed E-state index contributed by atoms with van der Waals surface area (Å²) in [6, 6.07) is -4.76. The van der Waals surface area contributed by atoms with Crippen LogP contribution in [0.1, 0.15) is 44.9 Å². The Hall–Kier alpha value is -3.80. The van der Waals surface area contributed by atoms with Crippen LogP contribution in [0.3, 0.4) is 0 Å². The molecule has 40 heavy (non-hydrogen) atoms. The third-order valence-electron chi connectivity index (χ3n) is 5.39. The summed E-state index contributed by atoms with van der Waals surface area (Å²) in [5.41, 5.74) is 26.9. The van der Waals surface area contributed by atoms with E-state index in [9.17, 15) is 29.1 Å². The maximum atomic E-state index is 13.1. The quantitative estimate of drug-likeness (QED) is 0.0354. The van der Waals surface area contributed by atoms with E-state index in [0.717, 1.165) is 0 Å². The Morgan fingerprint density at radius 2 is 1.20 bits per heavy atom. The van der Waals surface area contributed by atoms with E-state index in [1.54, 1.807) is 6.26 Å². The van der Waals surface area contributed by atoms with Gasteiger partial charge < -0.3 is 54.8 Å². The van der Waals surface area contributed by atoms with Gasteiger partial charge in [-0.2, -0.15) is 11.8 Å². The van der Waals surface area contributed by atoms with Crippen LogP contribution in [0.15, 0.2) is 9.98 Å². The van der Waals surface area contributed by atoms with E-state index in [1.165, 1.54) is 11.8 Å². The van der Waals surface area contributed by atoms with E-state index >= 15 is 0 Å². The smallest absolute Gasteiger partial charge is 0.326 e. The minimum Gasteiger partial charge on any atom is -0.481 e. The molecule has 4 atom stereocenters. The molecule has 0 aromatic carbocycles. The van der Waals surface area contributed by atoms with Gasteiger partial charge in [-0.3, -0.25) is 29.2 Å². The van der Waals surface area contributed by atoms with Crippen LogP contribution in [0.2, 0.25) is 0 Å². The van der Waals surface area contributed by atoms with Crippen molar-refractivity contribution in [1.29, 1.82) is 0 Å². The molecule has 0 aliphatic carbocycles. The second-order valence-corrected chi connectivity index (χ2v) is 9.73. The van der Waals surface area contributed by atoms with Gasteiger partial charge in [0.1, 0.15) is 18.1 Å². The molecule has 15 N–H and O–H groups in total. The summed E-state index contributed by atoms with van der Waals surface area (Å²) >= 11 is 1.42. The number of rotatable bonds is 21. The molecule has 17 nitrogen and oxygen atoms in total. The zero-order valence-electron chi connectivity index (χ0n) is 22.5. The monoisotopic (exact) mass is 590 g/mol. The number of aliphatic carboxylic acids is 2. The summed E-state index contributed by atoms with van der Waals surface area (Å²) in [5, 5.41) is 25.9. The van der Waals surface area contributed by atoms with Crippen LogP contribution in [0.5, 0.6) is 0 Å². The standard InChI is InChI=1S/C22H42N10O7S/c1-40-11-8-14(30-17(35)12(23)4-2-9-28-21(24)25)19(37)31-13(6-7-16(33)34)18(36)32-15(20(38)39)5-3-10-29-22(26)27/h12-15H,2-11,23H2,1H3,(H,30,35)(H,31,37)(H,32,36)(H,33,34)(H,38,39)(H4,24,25,28)(H4,26,27,29). The van der Waals surface area contributed by atoms with E-state index in [4.69, 9.17) is 33.8 Å². The lowest BCUT2D eigenvalue weighted by molar-refractivity contribution is -0.143. The lowest BCUT2D eigenvalue weighted by Crippen LogP contribution is -2.57. The number of carboxylic acids is 2. The molecule has 0 radical (unpaired) electrons. The Kier molecular flexibility index (Phi) is 18.2. The van der Waals surface area contributed by atoms with Crippen molar-refractivity contribution in [2.24, 2.45) is 38.7 Å². The lowest BCUT2D eigenvalue weighted by Gasteiger charge is -2.25. The second kappa shape index (κ2) is 20.2. The van der Waals surface area contributed by atoms with Crippen molar-refractivity contribution >= 4 is 53.3 Å². The van der Waals surface area contributed by atoms with E-state index in [2.05, 4.69) is 25.9 Å². The van der Waals surface area contributed by atoms with Crippen LogP contribution in [0.4, 0.5) is 0 Å². The van der Waals surface area contributed by atoms with Crippen molar-refractivity contribution in [3.63, 3.8) is 0 Å². The van der Waals surface area contributed by atoms with Crippen molar-refractivity contribution in [3.05, 3.63) is 0 Å². The summed E-state index contributed by atoms with van der Waals surface area (Å²) in [6.07, 6.45) is 2.06. The average molecular weight is 591 g/mol. The largest absolute Gasteiger partial charge is 0.481 e. The van der Waals surface area contributed by atoms with Gasteiger partial charge in [0.2, 0.25) is 17.7 Å². The van der Waals surface area contributed by atoms with Gasteiger partial charge in [-0.1, -0.05) is 0 Å². The molecule has 0 aliphatic rings. The fraction of sp³-hybridized carbons (Fsp3) is 0.682. The van der Waals surface area contributed by atoms with E-state index in [0.29, 0.717) is 12.2 Å². The minimum atomic E-state index is -1.38. The molecule has 4 unspecified atom stereocenters. The van der Waals surface area contributed by atoms with Gasteiger partial charge in [-0.25, -0.2) is 4.79 Å². The second-order valence-electron chi connectivity index (χ2n) is 8.74. The predicted molar refractivity (Wildman–Crippen MR) is 151 cm³/mol. The Morgan fingerprint density at radius 3 is 1.68 bits per heavy atom. The Bertz CT molecular complexity index is 910. The van der Waals surface area contributed by atoms with Gasteiger partial charge in [0.05, 0.1) is 6.04 Å². The highest BCUT2D eigenvalue weighted by Crippen LogP contribution is 2.07. The third kappa shape index (κ3) is 16.9. The number of thioether (sulfide) groups is 1. The highest BCUT2D eigenvalue weighted by molar-refractivity contribution is 7.98. The van der Waals surface area contributed by atoms with Crippen LogP contribution >= 0.6 is 11.8 Å². The number of amides is 3. The summed E-state index contributed by atoms with van der Waals surface area (Å²) in [4.78, 5) is 69.0. The normalized spacial score (nSPS) is 13.6. The Labute approximate surface area is 236 Å². The highest BCUT2D eigenvalue weighted by atomic mass is 32.2. The van der Waals surface area contributed by atoms with Gasteiger partial charge in [-0.05, 0) is 50.5 Å². The number of hydrogen-bond acceptors (Lipinski definition) is 9. The van der Waals surface area contributed by atoms with Crippen LogP contribution in [-0.4, -0.2) is 101 Å². The number of carboxylic acid groups (broad SMARTS) is 2. The van der Waals surface area contributed by atoms with Crippen LogP contribution in [-0.2, 0) is 24.0 Å². The van der Waals surface area contributed by atoms with Gasteiger partial charge in [0.15, 0.2) is 11.9 Å². The van der Waals surface area contributed by atoms with Gasteiger partial charge in [0.25, 0.3) is 0 Å². The molecule has 0 heterocycles. The van der Waals surface area contributed by atoms with Crippen molar-refractivity contribution in [3.8, 4) is 0 Å². The number of nitrogens with two attached hydrogens (primary N) is 5. The predicted octanol–water partition coefficient (Wildman–Crippen LogP) is -3.42. The maximum Gasteiger partial charge on any atom is 0.326 e. The molecule has 0 rings (SSSR count). The lowest BCUT2D eigenvalue weighted by atomic mass is 10.1. The number of nitrogens with one attached hydrogen (secondary N) is 3. The number of nitrogens with zero attached hydrogens (tertiary/aromatic N) is 2. The first-order valence-electron chi connectivity index (χ1n) is 12.5. The SMILES string of the molecule is CSCCC(NC(=O)C(N)CCCN=C(N)N)C(=O)NC(CCC(=O)O)C(=O)NC(CCCN=C(N)N)C(=O)O. The number of aliphatic imine (C=N–C) groups is 2. The highest BCUT2D eigenvalue weighted by Gasteiger charge is 2.30. The van der Waals surface area contributed by atoms with Crippen molar-refractivity contribution in [2.45, 2.75) is 69.1 Å². The topological polar surface area (TPSA) is 317 Å². The molecule has 0 saturated heterocycles. The molecule has 0 bridgehead atoms.